The normalized spacial score (nSPS) is 13.8. The van der Waals surface area contributed by atoms with Gasteiger partial charge < -0.3 is 15.0 Å². The number of nitrogens with one attached hydrogen (secondary N) is 1. The maximum Gasteiger partial charge on any atom is 0.333 e. The molecule has 3 heterocycles. The molecule has 1 saturated carbocycles. The Morgan fingerprint density at radius 1 is 1.00 bits per heavy atom. The van der Waals surface area contributed by atoms with E-state index >= 15 is 0 Å². The van der Waals surface area contributed by atoms with Gasteiger partial charge >= 0.3 is 5.69 Å². The third-order valence-corrected chi connectivity index (χ3v) is 8.89. The molecule has 0 radical (unpaired) electrons. The highest BCUT2D eigenvalue weighted by Crippen LogP contribution is 2.28. The second-order valence-corrected chi connectivity index (χ2v) is 12.2. The molecule has 2 aliphatic rings. The summed E-state index contributed by atoms with van der Waals surface area (Å²) in [6, 6.07) is 23.3. The van der Waals surface area contributed by atoms with Gasteiger partial charge in [-0.25, -0.2) is 14.8 Å². The zero-order chi connectivity index (χ0) is 32.5. The average Bonchev–Trinajstić information content (AvgIpc) is 3.88. The predicted octanol–water partition coefficient (Wildman–Crippen LogP) is 4.86. The summed E-state index contributed by atoms with van der Waals surface area (Å²) >= 11 is 3.34. The minimum atomic E-state index is -0.470. The number of rotatable bonds is 8. The van der Waals surface area contributed by atoms with Crippen LogP contribution in [0.4, 0.5) is 0 Å². The van der Waals surface area contributed by atoms with Crippen LogP contribution >= 0.6 is 15.9 Å². The Labute approximate surface area is 278 Å². The Kier molecular flexibility index (Phi) is 8.14. The molecule has 0 saturated heterocycles. The number of nitrogens with zero attached hydrogens (tertiary/aromatic N) is 6. The molecular formula is C35H28BrN7O4. The number of hydrogen-bond donors (Lipinski definition) is 1. The van der Waals surface area contributed by atoms with E-state index in [0.29, 0.717) is 38.6 Å². The summed E-state index contributed by atoms with van der Waals surface area (Å²) in [5.41, 5.74) is 2.96. The average molecular weight is 691 g/mol. The minimum Gasteiger partial charge on any atom is -0.490 e. The van der Waals surface area contributed by atoms with Gasteiger partial charge in [0, 0.05) is 47.6 Å². The summed E-state index contributed by atoms with van der Waals surface area (Å²) in [6.07, 6.45) is 5.57. The van der Waals surface area contributed by atoms with Crippen LogP contribution in [0.25, 0.3) is 17.1 Å². The lowest BCUT2D eigenvalue weighted by molar-refractivity contribution is 0.0706. The molecule has 1 aliphatic carbocycles. The number of aromatic nitrogens is 4. The SMILES string of the molecule is N#Cc1cc(C(=O)N2CCn3c(c(C(=O)NCc4ccccc4-c4ncccn4)n(-c4ccc(OC5CC5)cc4)c3=O)C2)ccc1Br. The van der Waals surface area contributed by atoms with Crippen LogP contribution in [-0.4, -0.2) is 48.5 Å². The molecule has 0 bridgehead atoms. The van der Waals surface area contributed by atoms with Crippen molar-refractivity contribution < 1.29 is 14.3 Å². The van der Waals surface area contributed by atoms with Gasteiger partial charge in [0.1, 0.15) is 17.5 Å². The quantitative estimate of drug-likeness (QED) is 0.246. The van der Waals surface area contributed by atoms with E-state index in [-0.39, 0.29) is 49.6 Å². The van der Waals surface area contributed by atoms with Crippen LogP contribution in [0.2, 0.25) is 0 Å². The van der Waals surface area contributed by atoms with Gasteiger partial charge in [0.2, 0.25) is 0 Å². The van der Waals surface area contributed by atoms with E-state index in [1.54, 1.807) is 64.3 Å². The fourth-order valence-electron chi connectivity index (χ4n) is 5.67. The van der Waals surface area contributed by atoms with Gasteiger partial charge in [0.25, 0.3) is 11.8 Å². The van der Waals surface area contributed by atoms with Gasteiger partial charge in [0.15, 0.2) is 5.82 Å². The molecule has 47 heavy (non-hydrogen) atoms. The van der Waals surface area contributed by atoms with Crippen molar-refractivity contribution in [3.05, 3.63) is 128 Å². The van der Waals surface area contributed by atoms with Crippen LogP contribution in [0.3, 0.4) is 0 Å². The summed E-state index contributed by atoms with van der Waals surface area (Å²) in [4.78, 5) is 52.0. The topological polar surface area (TPSA) is 135 Å². The summed E-state index contributed by atoms with van der Waals surface area (Å²) in [5, 5.41) is 12.5. The van der Waals surface area contributed by atoms with Crippen LogP contribution in [0.5, 0.6) is 5.75 Å². The van der Waals surface area contributed by atoms with Gasteiger partial charge in [-0.1, -0.05) is 24.3 Å². The lowest BCUT2D eigenvalue weighted by Gasteiger charge is -2.28. The Morgan fingerprint density at radius 3 is 2.51 bits per heavy atom. The monoisotopic (exact) mass is 689 g/mol. The number of halogens is 1. The highest BCUT2D eigenvalue weighted by molar-refractivity contribution is 9.10. The molecule has 234 valence electrons. The Bertz CT molecular complexity index is 2100. The molecule has 0 spiro atoms. The number of amides is 2. The van der Waals surface area contributed by atoms with Crippen molar-refractivity contribution in [2.24, 2.45) is 0 Å². The smallest absolute Gasteiger partial charge is 0.333 e. The second kappa shape index (κ2) is 12.7. The Balaban J connectivity index is 1.24. The molecule has 5 aromatic rings. The van der Waals surface area contributed by atoms with Crippen LogP contribution in [0, 0.1) is 11.3 Å². The first-order valence-electron chi connectivity index (χ1n) is 15.1. The number of benzene rings is 3. The van der Waals surface area contributed by atoms with Crippen LogP contribution in [-0.2, 0) is 19.6 Å². The molecular weight excluding hydrogens is 662 g/mol. The third-order valence-electron chi connectivity index (χ3n) is 8.20. The zero-order valence-corrected chi connectivity index (χ0v) is 26.7. The van der Waals surface area contributed by atoms with Crippen LogP contribution < -0.4 is 15.7 Å². The van der Waals surface area contributed by atoms with Crippen molar-refractivity contribution >= 4 is 27.7 Å². The number of hydrogen-bond acceptors (Lipinski definition) is 7. The molecule has 0 unspecified atom stereocenters. The van der Waals surface area contributed by atoms with E-state index in [1.165, 1.54) is 10.6 Å². The van der Waals surface area contributed by atoms with E-state index < -0.39 is 5.91 Å². The van der Waals surface area contributed by atoms with Gasteiger partial charge in [-0.3, -0.25) is 18.7 Å². The molecule has 7 rings (SSSR count). The van der Waals surface area contributed by atoms with E-state index in [9.17, 15) is 19.6 Å². The van der Waals surface area contributed by atoms with Gasteiger partial charge in [-0.15, -0.1) is 0 Å². The summed E-state index contributed by atoms with van der Waals surface area (Å²) in [5.74, 6) is 0.459. The number of fused-ring (bicyclic) bond motifs is 1. The van der Waals surface area contributed by atoms with Crippen LogP contribution in [0.15, 0.2) is 94.5 Å². The Morgan fingerprint density at radius 2 is 1.77 bits per heavy atom. The highest BCUT2D eigenvalue weighted by atomic mass is 79.9. The number of nitriles is 1. The van der Waals surface area contributed by atoms with Gasteiger partial charge in [-0.2, -0.15) is 5.26 Å². The standard InChI is InChI=1S/C35H28BrN7O4/c36-29-13-6-22(18-24(29)19-37)34(45)41-16-17-42-30(21-41)31(43(35(42)46)25-7-9-26(10-8-25)47-27-11-12-27)33(44)40-20-23-4-1-2-5-28(23)32-38-14-3-15-39-32/h1-10,13-15,18,27H,11-12,16-17,20-21H2,(H,40,44). The molecule has 11 nitrogen and oxygen atoms in total. The van der Waals surface area contributed by atoms with Crippen molar-refractivity contribution in [1.82, 2.24) is 29.3 Å². The molecule has 2 aromatic heterocycles. The van der Waals surface area contributed by atoms with E-state index in [0.717, 1.165) is 24.0 Å². The number of carbonyl (C=O) groups is 2. The fraction of sp³-hybridized carbons (Fsp3) is 0.200. The maximum atomic E-state index is 14.1. The summed E-state index contributed by atoms with van der Waals surface area (Å²) in [7, 11) is 0. The predicted molar refractivity (Wildman–Crippen MR) is 176 cm³/mol. The van der Waals surface area contributed by atoms with Crippen molar-refractivity contribution in [2.75, 3.05) is 6.54 Å². The first kappa shape index (κ1) is 30.1. The van der Waals surface area contributed by atoms with Crippen molar-refractivity contribution in [3.8, 4) is 28.9 Å². The first-order chi connectivity index (χ1) is 22.9. The second-order valence-electron chi connectivity index (χ2n) is 11.3. The third kappa shape index (κ3) is 6.05. The largest absolute Gasteiger partial charge is 0.490 e. The fourth-order valence-corrected chi connectivity index (χ4v) is 6.01. The molecule has 1 N–H and O–H groups in total. The summed E-state index contributed by atoms with van der Waals surface area (Å²) < 4.78 is 9.45. The lowest BCUT2D eigenvalue weighted by atomic mass is 10.1. The van der Waals surface area contributed by atoms with Crippen molar-refractivity contribution in [1.29, 1.82) is 5.26 Å². The molecule has 12 heteroatoms. The number of carbonyl (C=O) groups excluding carboxylic acids is 2. The molecule has 3 aromatic carbocycles. The van der Waals surface area contributed by atoms with E-state index in [1.807, 2.05) is 24.3 Å². The minimum absolute atomic E-state index is 0.0269. The first-order valence-corrected chi connectivity index (χ1v) is 15.9. The summed E-state index contributed by atoms with van der Waals surface area (Å²) in [6.45, 7) is 0.636. The molecule has 2 amide bonds. The molecule has 1 aliphatic heterocycles. The number of ether oxygens (including phenoxy) is 1. The molecule has 1 fully saturated rings. The van der Waals surface area contributed by atoms with Gasteiger partial charge in [0.05, 0.1) is 29.6 Å². The van der Waals surface area contributed by atoms with Crippen LogP contribution in [0.1, 0.15) is 50.5 Å². The number of imidazole rings is 1. The van der Waals surface area contributed by atoms with Gasteiger partial charge in [-0.05, 0) is 82.9 Å². The maximum absolute atomic E-state index is 14.1. The Hall–Kier alpha value is -5.54. The van der Waals surface area contributed by atoms with Crippen molar-refractivity contribution in [3.63, 3.8) is 0 Å². The van der Waals surface area contributed by atoms with E-state index in [2.05, 4.69) is 37.3 Å². The zero-order valence-electron chi connectivity index (χ0n) is 25.1. The van der Waals surface area contributed by atoms with Crippen molar-refractivity contribution in [2.45, 2.75) is 38.6 Å². The molecule has 0 atom stereocenters. The lowest BCUT2D eigenvalue weighted by Crippen LogP contribution is -2.41. The highest BCUT2D eigenvalue weighted by Gasteiger charge is 2.32. The van der Waals surface area contributed by atoms with E-state index in [4.69, 9.17) is 4.74 Å².